The molecule has 1 aromatic carbocycles. The maximum Gasteiger partial charge on any atom is 0.305 e. The minimum Gasteiger partial charge on any atom is -0.497 e. The molecule has 0 aliphatic heterocycles. The largest absolute Gasteiger partial charge is 0.497 e. The number of anilines is 1. The van der Waals surface area contributed by atoms with Crippen molar-refractivity contribution in [3.63, 3.8) is 0 Å². The molecule has 6 heteroatoms. The molecule has 0 unspecified atom stereocenters. The number of carbonyl (C=O) groups excluding carboxylic acids is 2. The van der Waals surface area contributed by atoms with Crippen molar-refractivity contribution in [3.05, 3.63) is 24.3 Å². The Morgan fingerprint density at radius 3 is 2.52 bits per heavy atom. The fourth-order valence-corrected chi connectivity index (χ4v) is 1.67. The third kappa shape index (κ3) is 7.31. The Bertz CT molecular complexity index is 445. The Kier molecular flexibility index (Phi) is 7.89. The Balaban J connectivity index is 2.14. The molecule has 1 aromatic rings. The molecule has 2 N–H and O–H groups in total. The summed E-state index contributed by atoms with van der Waals surface area (Å²) in [6.07, 6.45) is 1.01. The van der Waals surface area contributed by atoms with E-state index in [1.54, 1.807) is 38.3 Å². The number of amides is 1. The lowest BCUT2D eigenvalue weighted by atomic mass is 10.3. The first kappa shape index (κ1) is 17.0. The van der Waals surface area contributed by atoms with Crippen molar-refractivity contribution in [2.45, 2.75) is 19.8 Å². The molecule has 0 radical (unpaired) electrons. The highest BCUT2D eigenvalue weighted by Gasteiger charge is 2.03. The third-order valence-corrected chi connectivity index (χ3v) is 2.70. The lowest BCUT2D eigenvalue weighted by Crippen LogP contribution is -2.29. The molecular formula is C15H22N2O4. The summed E-state index contributed by atoms with van der Waals surface area (Å²) >= 11 is 0. The molecule has 0 aliphatic carbocycles. The number of ether oxygens (including phenoxy) is 2. The number of hydrogen-bond donors (Lipinski definition) is 2. The molecule has 1 rings (SSSR count). The van der Waals surface area contributed by atoms with E-state index in [9.17, 15) is 9.59 Å². The molecule has 0 saturated heterocycles. The summed E-state index contributed by atoms with van der Waals surface area (Å²) < 4.78 is 9.85. The number of benzene rings is 1. The Labute approximate surface area is 124 Å². The predicted molar refractivity (Wildman–Crippen MR) is 80.4 cm³/mol. The van der Waals surface area contributed by atoms with Crippen LogP contribution in [0.25, 0.3) is 0 Å². The van der Waals surface area contributed by atoms with Crippen LogP contribution in [0.3, 0.4) is 0 Å². The van der Waals surface area contributed by atoms with Crippen molar-refractivity contribution in [2.75, 3.05) is 32.1 Å². The van der Waals surface area contributed by atoms with Crippen LogP contribution in [0.15, 0.2) is 24.3 Å². The summed E-state index contributed by atoms with van der Waals surface area (Å²) in [6, 6.07) is 7.11. The summed E-state index contributed by atoms with van der Waals surface area (Å²) in [5, 5.41) is 5.75. The van der Waals surface area contributed by atoms with E-state index in [4.69, 9.17) is 9.47 Å². The highest BCUT2D eigenvalue weighted by atomic mass is 16.5. The number of nitrogens with one attached hydrogen (secondary N) is 2. The molecule has 116 valence electrons. The van der Waals surface area contributed by atoms with Gasteiger partial charge in [-0.05, 0) is 44.2 Å². The third-order valence-electron chi connectivity index (χ3n) is 2.70. The monoisotopic (exact) mass is 294 g/mol. The van der Waals surface area contributed by atoms with Crippen molar-refractivity contribution >= 4 is 17.6 Å². The van der Waals surface area contributed by atoms with Gasteiger partial charge in [-0.15, -0.1) is 0 Å². The van der Waals surface area contributed by atoms with Gasteiger partial charge in [0.1, 0.15) is 5.75 Å². The zero-order chi connectivity index (χ0) is 15.5. The van der Waals surface area contributed by atoms with Crippen LogP contribution in [0.2, 0.25) is 0 Å². The molecule has 0 fully saturated rings. The second-order valence-corrected chi connectivity index (χ2v) is 4.36. The summed E-state index contributed by atoms with van der Waals surface area (Å²) in [5.41, 5.74) is 0.717. The van der Waals surface area contributed by atoms with E-state index in [0.717, 1.165) is 5.75 Å². The van der Waals surface area contributed by atoms with E-state index in [-0.39, 0.29) is 18.4 Å². The van der Waals surface area contributed by atoms with Crippen molar-refractivity contribution in [3.8, 4) is 5.75 Å². The second-order valence-electron chi connectivity index (χ2n) is 4.36. The standard InChI is InChI=1S/C15H22N2O4/c1-3-21-15(19)5-4-10-16-11-14(18)17-12-6-8-13(20-2)9-7-12/h6-9,16H,3-5,10-11H2,1-2H3,(H,17,18). The molecule has 0 bridgehead atoms. The highest BCUT2D eigenvalue weighted by Crippen LogP contribution is 2.14. The van der Waals surface area contributed by atoms with Gasteiger partial charge in [0.25, 0.3) is 0 Å². The van der Waals surface area contributed by atoms with E-state index in [1.165, 1.54) is 0 Å². The zero-order valence-electron chi connectivity index (χ0n) is 12.5. The molecule has 21 heavy (non-hydrogen) atoms. The van der Waals surface area contributed by atoms with Crippen LogP contribution in [-0.2, 0) is 14.3 Å². The first-order valence-corrected chi connectivity index (χ1v) is 6.96. The zero-order valence-corrected chi connectivity index (χ0v) is 12.5. The van der Waals surface area contributed by atoms with Crippen LogP contribution < -0.4 is 15.4 Å². The smallest absolute Gasteiger partial charge is 0.305 e. The normalized spacial score (nSPS) is 10.0. The van der Waals surface area contributed by atoms with E-state index in [1.807, 2.05) is 0 Å². The quantitative estimate of drug-likeness (QED) is 0.534. The average molecular weight is 294 g/mol. The molecule has 0 saturated carbocycles. The van der Waals surface area contributed by atoms with Crippen LogP contribution in [0.5, 0.6) is 5.75 Å². The van der Waals surface area contributed by atoms with Crippen molar-refractivity contribution in [2.24, 2.45) is 0 Å². The average Bonchev–Trinajstić information content (AvgIpc) is 2.48. The van der Waals surface area contributed by atoms with Gasteiger partial charge in [0.15, 0.2) is 0 Å². The fraction of sp³-hybridized carbons (Fsp3) is 0.467. The first-order chi connectivity index (χ1) is 10.2. The highest BCUT2D eigenvalue weighted by molar-refractivity contribution is 5.92. The Hall–Kier alpha value is -2.08. The van der Waals surface area contributed by atoms with Gasteiger partial charge >= 0.3 is 5.97 Å². The van der Waals surface area contributed by atoms with Gasteiger partial charge < -0.3 is 20.1 Å². The summed E-state index contributed by atoms with van der Waals surface area (Å²) in [7, 11) is 1.59. The van der Waals surface area contributed by atoms with Crippen molar-refractivity contribution in [1.82, 2.24) is 5.32 Å². The summed E-state index contributed by atoms with van der Waals surface area (Å²) in [4.78, 5) is 22.8. The Morgan fingerprint density at radius 1 is 1.19 bits per heavy atom. The number of rotatable bonds is 9. The van der Waals surface area contributed by atoms with Crippen LogP contribution in [0, 0.1) is 0 Å². The van der Waals surface area contributed by atoms with E-state index >= 15 is 0 Å². The maximum atomic E-state index is 11.7. The van der Waals surface area contributed by atoms with Crippen LogP contribution in [-0.4, -0.2) is 38.7 Å². The number of esters is 1. The van der Waals surface area contributed by atoms with Crippen LogP contribution in [0.1, 0.15) is 19.8 Å². The summed E-state index contributed by atoms with van der Waals surface area (Å²) in [5.74, 6) is 0.406. The lowest BCUT2D eigenvalue weighted by Gasteiger charge is -2.07. The second kappa shape index (κ2) is 9.77. The molecule has 0 aromatic heterocycles. The van der Waals surface area contributed by atoms with Gasteiger partial charge in [0.05, 0.1) is 20.3 Å². The van der Waals surface area contributed by atoms with Gasteiger partial charge in [0, 0.05) is 12.1 Å². The van der Waals surface area contributed by atoms with Gasteiger partial charge in [0.2, 0.25) is 5.91 Å². The minimum atomic E-state index is -0.206. The predicted octanol–water partition coefficient (Wildman–Crippen LogP) is 1.57. The van der Waals surface area contributed by atoms with Crippen LogP contribution in [0.4, 0.5) is 5.69 Å². The molecule has 0 aliphatic rings. The first-order valence-electron chi connectivity index (χ1n) is 6.96. The molecule has 0 heterocycles. The van der Waals surface area contributed by atoms with Crippen molar-refractivity contribution in [1.29, 1.82) is 0 Å². The number of carbonyl (C=O) groups is 2. The SMILES string of the molecule is CCOC(=O)CCCNCC(=O)Nc1ccc(OC)cc1. The van der Waals surface area contributed by atoms with Crippen LogP contribution >= 0.6 is 0 Å². The van der Waals surface area contributed by atoms with E-state index in [2.05, 4.69) is 10.6 Å². The molecule has 0 atom stereocenters. The van der Waals surface area contributed by atoms with E-state index < -0.39 is 0 Å². The van der Waals surface area contributed by atoms with Gasteiger partial charge in [-0.3, -0.25) is 9.59 Å². The fourth-order valence-electron chi connectivity index (χ4n) is 1.67. The summed E-state index contributed by atoms with van der Waals surface area (Å²) in [6.45, 7) is 2.97. The maximum absolute atomic E-state index is 11.7. The lowest BCUT2D eigenvalue weighted by molar-refractivity contribution is -0.143. The molecule has 6 nitrogen and oxygen atoms in total. The minimum absolute atomic E-state index is 0.128. The van der Waals surface area contributed by atoms with Crippen molar-refractivity contribution < 1.29 is 19.1 Å². The number of methoxy groups -OCH3 is 1. The van der Waals surface area contributed by atoms with Gasteiger partial charge in [-0.1, -0.05) is 0 Å². The van der Waals surface area contributed by atoms with Gasteiger partial charge in [-0.2, -0.15) is 0 Å². The van der Waals surface area contributed by atoms with Gasteiger partial charge in [-0.25, -0.2) is 0 Å². The molecule has 0 spiro atoms. The Morgan fingerprint density at radius 2 is 1.90 bits per heavy atom. The molecule has 1 amide bonds. The number of hydrogen-bond acceptors (Lipinski definition) is 5. The van der Waals surface area contributed by atoms with E-state index in [0.29, 0.717) is 31.7 Å². The molecular weight excluding hydrogens is 272 g/mol. The topological polar surface area (TPSA) is 76.7 Å².